The number of nitrogens with one attached hydrogen (secondary N) is 1. The lowest BCUT2D eigenvalue weighted by molar-refractivity contribution is 0.0697. The molecule has 1 heterocycles. The van der Waals surface area contributed by atoms with Gasteiger partial charge >= 0.3 is 5.97 Å². The second kappa shape index (κ2) is 4.43. The number of hydrogen-bond donors (Lipinski definition) is 2. The number of aromatic carboxylic acids is 1. The minimum atomic E-state index is -1.12. The third kappa shape index (κ3) is 2.21. The van der Waals surface area contributed by atoms with Gasteiger partial charge in [-0.1, -0.05) is 17.7 Å². The number of aromatic nitrogens is 1. The summed E-state index contributed by atoms with van der Waals surface area (Å²) in [7, 11) is 0. The van der Waals surface area contributed by atoms with Gasteiger partial charge in [-0.3, -0.25) is 4.79 Å². The molecular weight excluding hydrogens is 242 g/mol. The Morgan fingerprint density at radius 3 is 2.71 bits per heavy atom. The molecule has 4 nitrogen and oxygen atoms in total. The first-order valence-electron chi connectivity index (χ1n) is 4.80. The van der Waals surface area contributed by atoms with Gasteiger partial charge in [-0.2, -0.15) is 0 Å². The molecule has 0 saturated heterocycles. The van der Waals surface area contributed by atoms with Crippen molar-refractivity contribution < 1.29 is 9.90 Å². The zero-order valence-electron chi connectivity index (χ0n) is 8.61. The van der Waals surface area contributed by atoms with E-state index in [1.807, 2.05) is 0 Å². The highest BCUT2D eigenvalue weighted by Crippen LogP contribution is 2.23. The molecule has 0 spiro atoms. The van der Waals surface area contributed by atoms with E-state index in [0.717, 1.165) is 0 Å². The van der Waals surface area contributed by atoms with E-state index in [2.05, 4.69) is 4.98 Å². The highest BCUT2D eigenvalue weighted by Gasteiger charge is 2.11. The number of H-pyrrole nitrogens is 1. The molecule has 0 radical (unpaired) electrons. The highest BCUT2D eigenvalue weighted by molar-refractivity contribution is 6.33. The molecule has 17 heavy (non-hydrogen) atoms. The van der Waals surface area contributed by atoms with Gasteiger partial charge in [0.2, 0.25) is 0 Å². The number of carbonyl (C=O) groups is 1. The lowest BCUT2D eigenvalue weighted by Gasteiger charge is -2.03. The summed E-state index contributed by atoms with van der Waals surface area (Å²) in [6, 6.07) is 7.75. The van der Waals surface area contributed by atoms with Crippen LogP contribution in [0.3, 0.4) is 0 Å². The summed E-state index contributed by atoms with van der Waals surface area (Å²) in [6.07, 6.45) is 1.51. The van der Waals surface area contributed by atoms with Gasteiger partial charge in [-0.15, -0.1) is 0 Å². The molecule has 2 aromatic rings. The van der Waals surface area contributed by atoms with Crippen LogP contribution in [-0.2, 0) is 0 Å². The smallest absolute Gasteiger partial charge is 0.337 e. The molecule has 0 unspecified atom stereocenters. The van der Waals surface area contributed by atoms with E-state index in [0.29, 0.717) is 11.1 Å². The predicted molar refractivity (Wildman–Crippen MR) is 64.5 cm³/mol. The number of carboxylic acid groups (broad SMARTS) is 1. The summed E-state index contributed by atoms with van der Waals surface area (Å²) in [5, 5.41) is 9.08. The zero-order chi connectivity index (χ0) is 12.4. The number of benzene rings is 1. The van der Waals surface area contributed by atoms with Crippen molar-refractivity contribution in [3.05, 3.63) is 57.5 Å². The van der Waals surface area contributed by atoms with E-state index in [9.17, 15) is 9.59 Å². The van der Waals surface area contributed by atoms with E-state index < -0.39 is 5.97 Å². The third-order valence-electron chi connectivity index (χ3n) is 2.33. The van der Waals surface area contributed by atoms with Gasteiger partial charge < -0.3 is 10.1 Å². The maximum atomic E-state index is 11.5. The van der Waals surface area contributed by atoms with Gasteiger partial charge in [0.1, 0.15) is 0 Å². The summed E-state index contributed by atoms with van der Waals surface area (Å²) in [6.45, 7) is 0. The topological polar surface area (TPSA) is 70.2 Å². The quantitative estimate of drug-likeness (QED) is 0.859. The molecule has 0 amide bonds. The maximum absolute atomic E-state index is 11.5. The van der Waals surface area contributed by atoms with Crippen LogP contribution in [0.2, 0.25) is 5.02 Å². The summed E-state index contributed by atoms with van der Waals surface area (Å²) < 4.78 is 0. The third-order valence-corrected chi connectivity index (χ3v) is 2.66. The molecule has 1 aromatic carbocycles. The average Bonchev–Trinajstić information content (AvgIpc) is 2.30. The fraction of sp³-hybridized carbons (Fsp3) is 0. The van der Waals surface area contributed by atoms with Crippen molar-refractivity contribution in [3.8, 4) is 11.1 Å². The Hall–Kier alpha value is -2.07. The van der Waals surface area contributed by atoms with Crippen LogP contribution >= 0.6 is 11.6 Å². The predicted octanol–water partition coefficient (Wildman–Crippen LogP) is 2.39. The Bertz CT molecular complexity index is 634. The second-order valence-corrected chi connectivity index (χ2v) is 3.82. The van der Waals surface area contributed by atoms with Crippen molar-refractivity contribution in [2.45, 2.75) is 0 Å². The minimum absolute atomic E-state index is 0.0209. The van der Waals surface area contributed by atoms with Crippen molar-refractivity contribution in [1.82, 2.24) is 4.98 Å². The normalized spacial score (nSPS) is 10.2. The molecule has 0 fully saturated rings. The largest absolute Gasteiger partial charge is 0.478 e. The van der Waals surface area contributed by atoms with E-state index in [1.165, 1.54) is 18.3 Å². The second-order valence-electron chi connectivity index (χ2n) is 3.41. The van der Waals surface area contributed by atoms with Crippen molar-refractivity contribution in [2.24, 2.45) is 0 Å². The van der Waals surface area contributed by atoms with E-state index in [1.54, 1.807) is 18.2 Å². The Balaban J connectivity index is 2.62. The van der Waals surface area contributed by atoms with Gasteiger partial charge in [0.25, 0.3) is 5.56 Å². The highest BCUT2D eigenvalue weighted by atomic mass is 35.5. The number of aromatic amines is 1. The summed E-state index contributed by atoms with van der Waals surface area (Å²) in [4.78, 5) is 25.0. The molecule has 0 saturated carbocycles. The van der Waals surface area contributed by atoms with E-state index >= 15 is 0 Å². The van der Waals surface area contributed by atoms with Gasteiger partial charge in [-0.05, 0) is 29.8 Å². The Kier molecular flexibility index (Phi) is 2.97. The molecule has 1 aromatic heterocycles. The van der Waals surface area contributed by atoms with Crippen molar-refractivity contribution in [1.29, 1.82) is 0 Å². The number of hydrogen-bond acceptors (Lipinski definition) is 2. The monoisotopic (exact) mass is 249 g/mol. The number of pyridine rings is 1. The molecule has 0 bridgehead atoms. The van der Waals surface area contributed by atoms with Crippen LogP contribution in [0, 0.1) is 0 Å². The van der Waals surface area contributed by atoms with E-state index in [4.69, 9.17) is 16.7 Å². The Morgan fingerprint density at radius 2 is 2.06 bits per heavy atom. The average molecular weight is 250 g/mol. The Morgan fingerprint density at radius 1 is 1.29 bits per heavy atom. The molecule has 0 aliphatic rings. The summed E-state index contributed by atoms with van der Waals surface area (Å²) in [5.41, 5.74) is 0.638. The van der Waals surface area contributed by atoms with Crippen LogP contribution in [0.25, 0.3) is 11.1 Å². The number of rotatable bonds is 2. The van der Waals surface area contributed by atoms with Gasteiger partial charge in [0, 0.05) is 11.8 Å². The van der Waals surface area contributed by atoms with Crippen molar-refractivity contribution >= 4 is 17.6 Å². The van der Waals surface area contributed by atoms with Crippen molar-refractivity contribution in [3.63, 3.8) is 0 Å². The molecule has 2 rings (SSSR count). The van der Waals surface area contributed by atoms with Gasteiger partial charge in [-0.25, -0.2) is 4.79 Å². The first-order valence-corrected chi connectivity index (χ1v) is 5.18. The molecule has 5 heteroatoms. The fourth-order valence-corrected chi connectivity index (χ4v) is 1.70. The lowest BCUT2D eigenvalue weighted by atomic mass is 10.0. The summed E-state index contributed by atoms with van der Waals surface area (Å²) in [5.74, 6) is -1.12. The first kappa shape index (κ1) is 11.4. The molecule has 0 atom stereocenters. The van der Waals surface area contributed by atoms with Crippen LogP contribution in [0.4, 0.5) is 0 Å². The fourth-order valence-electron chi connectivity index (χ4n) is 1.51. The molecule has 0 aliphatic carbocycles. The summed E-state index contributed by atoms with van der Waals surface area (Å²) >= 11 is 5.75. The van der Waals surface area contributed by atoms with Gasteiger partial charge in [0.05, 0.1) is 10.6 Å². The molecule has 86 valence electrons. The SMILES string of the molecule is O=C(O)c1cc(-c2ccc[nH]c2=O)ccc1Cl. The van der Waals surface area contributed by atoms with Gasteiger partial charge in [0.15, 0.2) is 0 Å². The molecule has 2 N–H and O–H groups in total. The zero-order valence-corrected chi connectivity index (χ0v) is 9.36. The van der Waals surface area contributed by atoms with Crippen LogP contribution in [0.15, 0.2) is 41.3 Å². The lowest BCUT2D eigenvalue weighted by Crippen LogP contribution is -2.07. The molecular formula is C12H8ClNO3. The molecule has 0 aliphatic heterocycles. The minimum Gasteiger partial charge on any atom is -0.478 e. The Labute approximate surface area is 101 Å². The maximum Gasteiger partial charge on any atom is 0.337 e. The van der Waals surface area contributed by atoms with Crippen molar-refractivity contribution in [2.75, 3.05) is 0 Å². The van der Waals surface area contributed by atoms with Crippen LogP contribution in [0.1, 0.15) is 10.4 Å². The van der Waals surface area contributed by atoms with Crippen LogP contribution in [0.5, 0.6) is 0 Å². The number of carboxylic acids is 1. The first-order chi connectivity index (χ1) is 8.09. The van der Waals surface area contributed by atoms with Crippen LogP contribution in [-0.4, -0.2) is 16.1 Å². The van der Waals surface area contributed by atoms with Crippen LogP contribution < -0.4 is 5.56 Å². The van der Waals surface area contributed by atoms with E-state index in [-0.39, 0.29) is 16.1 Å². The number of halogens is 1. The standard InChI is InChI=1S/C12H8ClNO3/c13-10-4-3-7(6-9(10)12(16)17)8-2-1-5-14-11(8)15/h1-6H,(H,14,15)(H,16,17).